The third kappa shape index (κ3) is 5.83. The van der Waals surface area contributed by atoms with Crippen LogP contribution in [0.5, 0.6) is 0 Å². The molecule has 6 heteroatoms. The fourth-order valence-electron chi connectivity index (χ4n) is 1.97. The fourth-order valence-corrected chi connectivity index (χ4v) is 1.97. The summed E-state index contributed by atoms with van der Waals surface area (Å²) in [5.74, 6) is -0.506. The first kappa shape index (κ1) is 18.1. The van der Waals surface area contributed by atoms with Crippen molar-refractivity contribution in [2.75, 3.05) is 40.0 Å². The number of hydrogen-bond donors (Lipinski definition) is 1. The number of esters is 1. The van der Waals surface area contributed by atoms with Crippen LogP contribution in [0.4, 0.5) is 0 Å². The normalized spacial score (nSPS) is 10.3. The highest BCUT2D eigenvalue weighted by molar-refractivity contribution is 5.95. The smallest absolute Gasteiger partial charge is 0.307 e. The van der Waals surface area contributed by atoms with Gasteiger partial charge in [0.05, 0.1) is 33.4 Å². The predicted molar refractivity (Wildman–Crippen MR) is 81.6 cm³/mol. The van der Waals surface area contributed by atoms with E-state index in [1.165, 1.54) is 7.11 Å². The average Bonchev–Trinajstić information content (AvgIpc) is 2.53. The van der Waals surface area contributed by atoms with Gasteiger partial charge in [-0.25, -0.2) is 0 Å². The van der Waals surface area contributed by atoms with Crippen molar-refractivity contribution < 1.29 is 24.2 Å². The lowest BCUT2D eigenvalue weighted by Gasteiger charge is -2.23. The Bertz CT molecular complexity index is 489. The van der Waals surface area contributed by atoms with E-state index in [-0.39, 0.29) is 38.1 Å². The number of carbonyl (C=O) groups excluding carboxylic acids is 2. The molecular weight excluding hydrogens is 286 g/mol. The summed E-state index contributed by atoms with van der Waals surface area (Å²) in [6.45, 7) is 2.96. The van der Waals surface area contributed by atoms with Crippen LogP contribution in [-0.4, -0.2) is 61.9 Å². The predicted octanol–water partition coefficient (Wildman–Crippen LogP) is 1.01. The van der Waals surface area contributed by atoms with E-state index < -0.39 is 0 Å². The van der Waals surface area contributed by atoms with Gasteiger partial charge in [0.25, 0.3) is 5.91 Å². The first-order valence-electron chi connectivity index (χ1n) is 7.20. The van der Waals surface area contributed by atoms with Gasteiger partial charge in [-0.15, -0.1) is 0 Å². The minimum absolute atomic E-state index is 0.0616. The Morgan fingerprint density at radius 1 is 1.18 bits per heavy atom. The molecule has 0 aliphatic carbocycles. The van der Waals surface area contributed by atoms with Crippen molar-refractivity contribution in [2.24, 2.45) is 0 Å². The fraction of sp³-hybridized carbons (Fsp3) is 0.500. The van der Waals surface area contributed by atoms with Crippen molar-refractivity contribution in [3.05, 3.63) is 35.4 Å². The molecule has 1 aromatic rings. The maximum atomic E-state index is 12.6. The van der Waals surface area contributed by atoms with Gasteiger partial charge in [-0.05, 0) is 18.6 Å². The molecule has 0 aliphatic heterocycles. The number of aryl methyl sites for hydroxylation is 1. The van der Waals surface area contributed by atoms with Crippen LogP contribution in [0.1, 0.15) is 22.3 Å². The summed E-state index contributed by atoms with van der Waals surface area (Å²) in [7, 11) is 1.32. The molecule has 22 heavy (non-hydrogen) atoms. The number of nitrogens with zero attached hydrogens (tertiary/aromatic N) is 1. The summed E-state index contributed by atoms with van der Waals surface area (Å²) in [5.41, 5.74) is 1.49. The number of aliphatic hydroxyl groups excluding tert-OH is 1. The van der Waals surface area contributed by atoms with Gasteiger partial charge in [0.2, 0.25) is 0 Å². The molecule has 0 unspecified atom stereocenters. The van der Waals surface area contributed by atoms with Gasteiger partial charge in [0, 0.05) is 18.7 Å². The minimum atomic E-state index is -0.362. The Morgan fingerprint density at radius 3 is 2.55 bits per heavy atom. The molecule has 122 valence electrons. The number of hydrogen-bond acceptors (Lipinski definition) is 5. The lowest BCUT2D eigenvalue weighted by atomic mass is 10.1. The van der Waals surface area contributed by atoms with Crippen LogP contribution in [0.3, 0.4) is 0 Å². The van der Waals surface area contributed by atoms with Crippen molar-refractivity contribution in [2.45, 2.75) is 13.3 Å². The molecule has 0 aliphatic rings. The molecule has 0 fully saturated rings. The first-order chi connectivity index (χ1) is 10.6. The second-order valence-corrected chi connectivity index (χ2v) is 4.77. The lowest BCUT2D eigenvalue weighted by molar-refractivity contribution is -0.140. The molecule has 1 N–H and O–H groups in total. The monoisotopic (exact) mass is 309 g/mol. The summed E-state index contributed by atoms with van der Waals surface area (Å²) in [4.78, 5) is 25.5. The van der Waals surface area contributed by atoms with Gasteiger partial charge >= 0.3 is 5.97 Å². The summed E-state index contributed by atoms with van der Waals surface area (Å²) in [6.07, 6.45) is 0.133. The van der Waals surface area contributed by atoms with Crippen molar-refractivity contribution >= 4 is 11.9 Å². The van der Waals surface area contributed by atoms with E-state index >= 15 is 0 Å². The molecule has 1 rings (SSSR count). The maximum Gasteiger partial charge on any atom is 0.307 e. The quantitative estimate of drug-likeness (QED) is 0.544. The number of rotatable bonds is 9. The number of aliphatic hydroxyl groups is 1. The van der Waals surface area contributed by atoms with E-state index in [0.29, 0.717) is 18.7 Å². The highest BCUT2D eigenvalue weighted by Crippen LogP contribution is 2.11. The standard InChI is InChI=1S/C16H23NO5/c1-13-5-3-4-6-14(13)16(20)17(8-7-15(19)21-2)9-11-22-12-10-18/h3-6,18H,7-12H2,1-2H3. The van der Waals surface area contributed by atoms with Gasteiger partial charge in [-0.3, -0.25) is 9.59 Å². The van der Waals surface area contributed by atoms with Crippen LogP contribution in [0.25, 0.3) is 0 Å². The Balaban J connectivity index is 2.72. The highest BCUT2D eigenvalue weighted by atomic mass is 16.5. The third-order valence-corrected chi connectivity index (χ3v) is 3.22. The Morgan fingerprint density at radius 2 is 1.91 bits per heavy atom. The molecule has 1 aromatic carbocycles. The topological polar surface area (TPSA) is 76.1 Å². The second-order valence-electron chi connectivity index (χ2n) is 4.77. The summed E-state index contributed by atoms with van der Waals surface area (Å²) in [5, 5.41) is 8.70. The summed E-state index contributed by atoms with van der Waals surface area (Å²) < 4.78 is 9.81. The van der Waals surface area contributed by atoms with Gasteiger partial charge < -0.3 is 19.5 Å². The van der Waals surface area contributed by atoms with Crippen LogP contribution >= 0.6 is 0 Å². The number of methoxy groups -OCH3 is 1. The Hall–Kier alpha value is -1.92. The molecule has 0 aromatic heterocycles. The van der Waals surface area contributed by atoms with Crippen LogP contribution in [0.15, 0.2) is 24.3 Å². The zero-order chi connectivity index (χ0) is 16.4. The SMILES string of the molecule is COC(=O)CCN(CCOCCO)C(=O)c1ccccc1C. The van der Waals surface area contributed by atoms with Crippen LogP contribution in [0, 0.1) is 6.92 Å². The minimum Gasteiger partial charge on any atom is -0.469 e. The zero-order valence-corrected chi connectivity index (χ0v) is 13.1. The number of amides is 1. The van der Waals surface area contributed by atoms with Crippen LogP contribution in [0.2, 0.25) is 0 Å². The molecule has 0 atom stereocenters. The maximum absolute atomic E-state index is 12.6. The molecule has 0 saturated heterocycles. The molecule has 1 amide bonds. The van der Waals surface area contributed by atoms with Crippen molar-refractivity contribution in [3.8, 4) is 0 Å². The molecule has 0 radical (unpaired) electrons. The number of carbonyl (C=O) groups is 2. The molecule has 0 saturated carbocycles. The third-order valence-electron chi connectivity index (χ3n) is 3.22. The van der Waals surface area contributed by atoms with Crippen molar-refractivity contribution in [1.82, 2.24) is 4.90 Å². The summed E-state index contributed by atoms with van der Waals surface area (Å²) >= 11 is 0. The van der Waals surface area contributed by atoms with E-state index in [1.807, 2.05) is 19.1 Å². The highest BCUT2D eigenvalue weighted by Gasteiger charge is 2.18. The van der Waals surface area contributed by atoms with Crippen LogP contribution < -0.4 is 0 Å². The van der Waals surface area contributed by atoms with E-state index in [4.69, 9.17) is 9.84 Å². The second kappa shape index (κ2) is 9.92. The largest absolute Gasteiger partial charge is 0.469 e. The van der Waals surface area contributed by atoms with Gasteiger partial charge in [0.15, 0.2) is 0 Å². The Kier molecular flexibility index (Phi) is 8.17. The molecule has 6 nitrogen and oxygen atoms in total. The van der Waals surface area contributed by atoms with E-state index in [2.05, 4.69) is 4.74 Å². The van der Waals surface area contributed by atoms with Crippen LogP contribution in [-0.2, 0) is 14.3 Å². The van der Waals surface area contributed by atoms with E-state index in [0.717, 1.165) is 5.56 Å². The van der Waals surface area contributed by atoms with Crippen molar-refractivity contribution in [3.63, 3.8) is 0 Å². The van der Waals surface area contributed by atoms with Crippen molar-refractivity contribution in [1.29, 1.82) is 0 Å². The average molecular weight is 309 g/mol. The van der Waals surface area contributed by atoms with Gasteiger partial charge in [0.1, 0.15) is 0 Å². The number of benzene rings is 1. The molecule has 0 bridgehead atoms. The van der Waals surface area contributed by atoms with Gasteiger partial charge in [-0.2, -0.15) is 0 Å². The number of ether oxygens (including phenoxy) is 2. The zero-order valence-electron chi connectivity index (χ0n) is 13.1. The summed E-state index contributed by atoms with van der Waals surface area (Å²) in [6, 6.07) is 7.31. The first-order valence-corrected chi connectivity index (χ1v) is 7.20. The molecule has 0 heterocycles. The lowest BCUT2D eigenvalue weighted by Crippen LogP contribution is -2.36. The molecule has 0 spiro atoms. The van der Waals surface area contributed by atoms with Gasteiger partial charge in [-0.1, -0.05) is 18.2 Å². The van der Waals surface area contributed by atoms with E-state index in [1.54, 1.807) is 17.0 Å². The Labute approximate surface area is 130 Å². The van der Waals surface area contributed by atoms with E-state index in [9.17, 15) is 9.59 Å². The molecular formula is C16H23NO5.